The van der Waals surface area contributed by atoms with Crippen LogP contribution in [0.5, 0.6) is 0 Å². The maximum absolute atomic E-state index is 13.5. The van der Waals surface area contributed by atoms with Gasteiger partial charge in [0.2, 0.25) is 0 Å². The molecule has 0 aromatic heterocycles. The van der Waals surface area contributed by atoms with Crippen molar-refractivity contribution in [2.75, 3.05) is 13.2 Å². The monoisotopic (exact) mass is 371 g/mol. The van der Waals surface area contributed by atoms with E-state index in [1.807, 2.05) is 0 Å². The fourth-order valence-electron chi connectivity index (χ4n) is 2.92. The highest BCUT2D eigenvalue weighted by molar-refractivity contribution is 5.72. The molecule has 1 fully saturated rings. The number of hydrogen-bond acceptors (Lipinski definition) is 5. The van der Waals surface area contributed by atoms with E-state index in [4.69, 9.17) is 14.9 Å². The Bertz CT molecular complexity index is 640. The van der Waals surface area contributed by atoms with Crippen LogP contribution >= 0.6 is 0 Å². The highest BCUT2D eigenvalue weighted by Crippen LogP contribution is 2.23. The second-order valence-electron chi connectivity index (χ2n) is 6.23. The van der Waals surface area contributed by atoms with E-state index in [2.05, 4.69) is 5.32 Å². The van der Waals surface area contributed by atoms with Crippen LogP contribution < -0.4 is 5.32 Å². The Labute approximate surface area is 150 Å². The molecule has 144 valence electrons. The number of halogens is 2. The predicted molar refractivity (Wildman–Crippen MR) is 90.4 cm³/mol. The summed E-state index contributed by atoms with van der Waals surface area (Å²) in [7, 11) is 0. The van der Waals surface area contributed by atoms with Crippen LogP contribution in [-0.4, -0.2) is 58.8 Å². The summed E-state index contributed by atoms with van der Waals surface area (Å²) in [4.78, 5) is 11.1. The summed E-state index contributed by atoms with van der Waals surface area (Å²) < 4.78 is 32.2. The lowest BCUT2D eigenvalue weighted by atomic mass is 9.94. The lowest BCUT2D eigenvalue weighted by Crippen LogP contribution is -2.50. The van der Waals surface area contributed by atoms with Crippen LogP contribution in [-0.2, 0) is 9.53 Å². The number of nitrogens with one attached hydrogen (secondary N) is 1. The summed E-state index contributed by atoms with van der Waals surface area (Å²) in [6.45, 7) is -0.115. The molecule has 6 nitrogen and oxygen atoms in total. The molecule has 0 bridgehead atoms. The third kappa shape index (κ3) is 5.84. The van der Waals surface area contributed by atoms with Gasteiger partial charge in [0.15, 0.2) is 6.10 Å². The topological polar surface area (TPSA) is 99.0 Å². The molecule has 4 N–H and O–H groups in total. The number of carboxylic acids is 1. The highest BCUT2D eigenvalue weighted by Gasteiger charge is 2.35. The van der Waals surface area contributed by atoms with Gasteiger partial charge in [0.1, 0.15) is 11.6 Å². The maximum atomic E-state index is 13.5. The van der Waals surface area contributed by atoms with Gasteiger partial charge in [0, 0.05) is 24.6 Å². The first-order valence-corrected chi connectivity index (χ1v) is 8.43. The number of carbonyl (C=O) groups is 1. The fourth-order valence-corrected chi connectivity index (χ4v) is 2.92. The molecular formula is C18H23F2NO5. The zero-order chi connectivity index (χ0) is 19.1. The SMILES string of the molecule is O=C(O)[C@@H]1CC[C@@H](NC/C=C/c2cc(F)ccc2F)[C@@H](C[C@@H](O)CO)O1. The van der Waals surface area contributed by atoms with Gasteiger partial charge in [-0.25, -0.2) is 13.6 Å². The lowest BCUT2D eigenvalue weighted by Gasteiger charge is -2.36. The van der Waals surface area contributed by atoms with E-state index >= 15 is 0 Å². The zero-order valence-corrected chi connectivity index (χ0v) is 14.1. The molecule has 8 heteroatoms. The fraction of sp³-hybridized carbons (Fsp3) is 0.500. The van der Waals surface area contributed by atoms with Gasteiger partial charge in [-0.3, -0.25) is 0 Å². The molecule has 1 heterocycles. The normalized spacial score (nSPS) is 24.7. The molecule has 4 atom stereocenters. The van der Waals surface area contributed by atoms with Crippen LogP contribution in [0.4, 0.5) is 8.78 Å². The van der Waals surface area contributed by atoms with Crippen molar-refractivity contribution in [3.05, 3.63) is 41.5 Å². The number of hydrogen-bond donors (Lipinski definition) is 4. The van der Waals surface area contributed by atoms with Gasteiger partial charge in [-0.2, -0.15) is 0 Å². The predicted octanol–water partition coefficient (Wildman–Crippen LogP) is 1.31. The molecule has 0 radical (unpaired) electrons. The largest absolute Gasteiger partial charge is 0.479 e. The van der Waals surface area contributed by atoms with Gasteiger partial charge in [-0.1, -0.05) is 12.2 Å². The highest BCUT2D eigenvalue weighted by atomic mass is 19.1. The number of aliphatic hydroxyl groups is 2. The van der Waals surface area contributed by atoms with Crippen LogP contribution in [0, 0.1) is 11.6 Å². The van der Waals surface area contributed by atoms with Gasteiger partial charge in [0.25, 0.3) is 0 Å². The first kappa shape index (κ1) is 20.4. The molecule has 26 heavy (non-hydrogen) atoms. The first-order chi connectivity index (χ1) is 12.4. The van der Waals surface area contributed by atoms with Gasteiger partial charge in [0.05, 0.1) is 18.8 Å². The van der Waals surface area contributed by atoms with E-state index in [9.17, 15) is 18.7 Å². The molecule has 0 amide bonds. The molecule has 1 aromatic carbocycles. The van der Waals surface area contributed by atoms with Crippen molar-refractivity contribution in [2.24, 2.45) is 0 Å². The summed E-state index contributed by atoms with van der Waals surface area (Å²) in [6.07, 6.45) is 1.48. The maximum Gasteiger partial charge on any atom is 0.332 e. The van der Waals surface area contributed by atoms with Crippen molar-refractivity contribution in [3.63, 3.8) is 0 Å². The minimum absolute atomic E-state index is 0.0974. The van der Waals surface area contributed by atoms with Gasteiger partial charge in [-0.15, -0.1) is 0 Å². The van der Waals surface area contributed by atoms with Gasteiger partial charge < -0.3 is 25.4 Å². The second-order valence-corrected chi connectivity index (χ2v) is 6.23. The molecular weight excluding hydrogens is 348 g/mol. The van der Waals surface area contributed by atoms with E-state index in [1.165, 1.54) is 6.08 Å². The Morgan fingerprint density at radius 3 is 2.85 bits per heavy atom. The van der Waals surface area contributed by atoms with Crippen molar-refractivity contribution < 1.29 is 33.6 Å². The van der Waals surface area contributed by atoms with Crippen molar-refractivity contribution in [1.29, 1.82) is 0 Å². The van der Waals surface area contributed by atoms with E-state index in [1.54, 1.807) is 6.08 Å². The molecule has 1 aromatic rings. The number of rotatable bonds is 8. The Hall–Kier alpha value is -1.87. The van der Waals surface area contributed by atoms with Crippen LogP contribution in [0.1, 0.15) is 24.8 Å². The van der Waals surface area contributed by atoms with E-state index in [0.29, 0.717) is 19.4 Å². The summed E-state index contributed by atoms with van der Waals surface area (Å²) in [5.74, 6) is -2.12. The molecule has 0 unspecified atom stereocenters. The van der Waals surface area contributed by atoms with Crippen LogP contribution in [0.3, 0.4) is 0 Å². The molecule has 1 aliphatic heterocycles. The summed E-state index contributed by atoms with van der Waals surface area (Å²) in [5, 5.41) is 30.9. The van der Waals surface area contributed by atoms with Crippen molar-refractivity contribution >= 4 is 12.0 Å². The Kier molecular flexibility index (Phi) is 7.65. The van der Waals surface area contributed by atoms with Crippen LogP contribution in [0.2, 0.25) is 0 Å². The minimum atomic E-state index is -1.06. The smallest absolute Gasteiger partial charge is 0.332 e. The van der Waals surface area contributed by atoms with Crippen LogP contribution in [0.15, 0.2) is 24.3 Å². The van der Waals surface area contributed by atoms with Gasteiger partial charge in [-0.05, 0) is 31.0 Å². The summed E-state index contributed by atoms with van der Waals surface area (Å²) in [5.41, 5.74) is 0.130. The Morgan fingerprint density at radius 2 is 2.15 bits per heavy atom. The molecule has 1 aliphatic rings. The number of aliphatic carboxylic acids is 1. The summed E-state index contributed by atoms with van der Waals surface area (Å²) in [6, 6.07) is 2.96. The standard InChI is InChI=1S/C18H23F2NO5/c19-12-3-4-14(20)11(8-12)2-1-7-21-15-5-6-16(18(24)25)26-17(15)9-13(23)10-22/h1-4,8,13,15-17,21-23H,5-7,9-10H2,(H,24,25)/b2-1+/t13-,15-,16+,17-/m1/s1. The number of ether oxygens (including phenoxy) is 1. The quantitative estimate of drug-likeness (QED) is 0.550. The number of carboxylic acid groups (broad SMARTS) is 1. The molecule has 1 saturated heterocycles. The molecule has 0 spiro atoms. The average Bonchev–Trinajstić information content (AvgIpc) is 2.62. The Balaban J connectivity index is 1.93. The third-order valence-electron chi connectivity index (χ3n) is 4.27. The zero-order valence-electron chi connectivity index (χ0n) is 14.1. The van der Waals surface area contributed by atoms with Crippen molar-refractivity contribution in [3.8, 4) is 0 Å². The molecule has 0 saturated carbocycles. The second kappa shape index (κ2) is 9.72. The number of aliphatic hydroxyl groups excluding tert-OH is 2. The molecule has 0 aliphatic carbocycles. The lowest BCUT2D eigenvalue weighted by molar-refractivity contribution is -0.163. The molecule has 2 rings (SSSR count). The van der Waals surface area contributed by atoms with E-state index in [-0.39, 0.29) is 18.0 Å². The average molecular weight is 371 g/mol. The van der Waals surface area contributed by atoms with E-state index < -0.39 is 42.5 Å². The van der Waals surface area contributed by atoms with E-state index in [0.717, 1.165) is 18.2 Å². The minimum Gasteiger partial charge on any atom is -0.479 e. The van der Waals surface area contributed by atoms with Gasteiger partial charge >= 0.3 is 5.97 Å². The Morgan fingerprint density at radius 1 is 1.38 bits per heavy atom. The van der Waals surface area contributed by atoms with Crippen LogP contribution in [0.25, 0.3) is 6.08 Å². The third-order valence-corrected chi connectivity index (χ3v) is 4.27. The van der Waals surface area contributed by atoms with Crippen molar-refractivity contribution in [1.82, 2.24) is 5.32 Å². The van der Waals surface area contributed by atoms with Crippen molar-refractivity contribution in [2.45, 2.75) is 43.6 Å². The first-order valence-electron chi connectivity index (χ1n) is 8.43. The number of benzene rings is 1. The summed E-state index contributed by atoms with van der Waals surface area (Å²) >= 11 is 0.